The van der Waals surface area contributed by atoms with Crippen molar-refractivity contribution in [1.82, 2.24) is 15.5 Å². The van der Waals surface area contributed by atoms with Gasteiger partial charge in [0.2, 0.25) is 0 Å². The fourth-order valence-corrected chi connectivity index (χ4v) is 3.81. The number of amides is 2. The van der Waals surface area contributed by atoms with Crippen LogP contribution in [0.25, 0.3) is 0 Å². The summed E-state index contributed by atoms with van der Waals surface area (Å²) in [7, 11) is 0. The Morgan fingerprint density at radius 3 is 2.81 bits per heavy atom. The van der Waals surface area contributed by atoms with E-state index in [1.807, 2.05) is 0 Å². The number of nitrogens with zero attached hydrogens (tertiary/aromatic N) is 1. The smallest absolute Gasteiger partial charge is 0.338 e. The first-order valence-corrected chi connectivity index (χ1v) is 10.2. The van der Waals surface area contributed by atoms with Crippen LogP contribution in [-0.4, -0.2) is 49.7 Å². The molecular formula is C22H24FN3O5. The van der Waals surface area contributed by atoms with E-state index in [1.165, 1.54) is 18.4 Å². The van der Waals surface area contributed by atoms with Gasteiger partial charge in [-0.1, -0.05) is 12.1 Å². The highest BCUT2D eigenvalue weighted by Crippen LogP contribution is 2.29. The number of halogens is 1. The van der Waals surface area contributed by atoms with Crippen molar-refractivity contribution in [2.75, 3.05) is 32.8 Å². The molecule has 9 heteroatoms. The number of benzene rings is 1. The molecule has 0 unspecified atom stereocenters. The molecule has 2 atom stereocenters. The summed E-state index contributed by atoms with van der Waals surface area (Å²) in [5, 5.41) is 5.50. The average molecular weight is 429 g/mol. The van der Waals surface area contributed by atoms with Crippen molar-refractivity contribution < 1.29 is 27.9 Å². The van der Waals surface area contributed by atoms with Gasteiger partial charge in [-0.3, -0.25) is 4.90 Å². The first-order valence-electron chi connectivity index (χ1n) is 10.2. The van der Waals surface area contributed by atoms with Crippen molar-refractivity contribution in [2.45, 2.75) is 19.1 Å². The Morgan fingerprint density at radius 1 is 1.29 bits per heavy atom. The van der Waals surface area contributed by atoms with Crippen molar-refractivity contribution in [1.29, 1.82) is 0 Å². The van der Waals surface area contributed by atoms with Crippen LogP contribution in [0.15, 0.2) is 58.3 Å². The van der Waals surface area contributed by atoms with E-state index in [1.54, 1.807) is 31.2 Å². The molecule has 1 fully saturated rings. The molecular weight excluding hydrogens is 405 g/mol. The second kappa shape index (κ2) is 9.32. The molecule has 0 aliphatic carbocycles. The molecule has 31 heavy (non-hydrogen) atoms. The summed E-state index contributed by atoms with van der Waals surface area (Å²) in [6, 6.07) is 8.44. The van der Waals surface area contributed by atoms with Crippen molar-refractivity contribution in [3.63, 3.8) is 0 Å². The fourth-order valence-electron chi connectivity index (χ4n) is 3.81. The van der Waals surface area contributed by atoms with E-state index in [0.717, 1.165) is 5.56 Å². The maximum atomic E-state index is 13.3. The molecule has 2 aromatic rings. The van der Waals surface area contributed by atoms with E-state index in [-0.39, 0.29) is 18.5 Å². The Bertz CT molecular complexity index is 958. The molecule has 2 N–H and O–H groups in total. The maximum absolute atomic E-state index is 13.3. The van der Waals surface area contributed by atoms with Crippen LogP contribution in [0.4, 0.5) is 9.18 Å². The summed E-state index contributed by atoms with van der Waals surface area (Å²) in [6.45, 7) is 3.87. The van der Waals surface area contributed by atoms with Gasteiger partial charge in [0.05, 0.1) is 31.2 Å². The van der Waals surface area contributed by atoms with Gasteiger partial charge < -0.3 is 24.5 Å². The number of ether oxygens (including phenoxy) is 2. The average Bonchev–Trinajstić information content (AvgIpc) is 3.29. The van der Waals surface area contributed by atoms with E-state index in [4.69, 9.17) is 13.9 Å². The Labute approximate surface area is 179 Å². The van der Waals surface area contributed by atoms with Crippen molar-refractivity contribution in [3.05, 3.63) is 71.1 Å². The quantitative estimate of drug-likeness (QED) is 0.686. The largest absolute Gasteiger partial charge is 0.467 e. The van der Waals surface area contributed by atoms with Crippen molar-refractivity contribution in [3.8, 4) is 0 Å². The van der Waals surface area contributed by atoms with Gasteiger partial charge in [-0.2, -0.15) is 0 Å². The Morgan fingerprint density at radius 2 is 2.10 bits per heavy atom. The van der Waals surface area contributed by atoms with Crippen LogP contribution >= 0.6 is 0 Å². The first-order chi connectivity index (χ1) is 15.0. The lowest BCUT2D eigenvalue weighted by molar-refractivity contribution is -0.139. The number of hydrogen-bond acceptors (Lipinski definition) is 6. The number of rotatable bonds is 6. The van der Waals surface area contributed by atoms with E-state index in [2.05, 4.69) is 15.5 Å². The highest BCUT2D eigenvalue weighted by molar-refractivity contribution is 5.95. The minimum Gasteiger partial charge on any atom is -0.467 e. The summed E-state index contributed by atoms with van der Waals surface area (Å²) in [4.78, 5) is 27.2. The second-order valence-corrected chi connectivity index (χ2v) is 7.31. The topological polar surface area (TPSA) is 93.0 Å². The van der Waals surface area contributed by atoms with E-state index >= 15 is 0 Å². The molecule has 8 nitrogen and oxygen atoms in total. The van der Waals surface area contributed by atoms with Crippen LogP contribution < -0.4 is 10.6 Å². The molecule has 0 spiro atoms. The number of hydrogen-bond donors (Lipinski definition) is 2. The van der Waals surface area contributed by atoms with Crippen LogP contribution in [0, 0.1) is 5.82 Å². The molecule has 2 aliphatic rings. The van der Waals surface area contributed by atoms with Crippen LogP contribution in [0.3, 0.4) is 0 Å². The van der Waals surface area contributed by atoms with Gasteiger partial charge in [-0.15, -0.1) is 0 Å². The lowest BCUT2D eigenvalue weighted by Gasteiger charge is -2.35. The summed E-state index contributed by atoms with van der Waals surface area (Å²) in [5.41, 5.74) is 1.64. The number of carbonyl (C=O) groups excluding carboxylic acids is 2. The molecule has 2 aliphatic heterocycles. The number of esters is 1. The third kappa shape index (κ3) is 4.78. The number of furan rings is 1. The van der Waals surface area contributed by atoms with Crippen LogP contribution in [0.5, 0.6) is 0 Å². The Hall–Kier alpha value is -3.17. The zero-order chi connectivity index (χ0) is 21.8. The van der Waals surface area contributed by atoms with Gasteiger partial charge in [0.1, 0.15) is 17.6 Å². The van der Waals surface area contributed by atoms with Gasteiger partial charge in [0.15, 0.2) is 0 Å². The van der Waals surface area contributed by atoms with Gasteiger partial charge in [0, 0.05) is 25.3 Å². The lowest BCUT2D eigenvalue weighted by Crippen LogP contribution is -2.49. The molecule has 1 aromatic heterocycles. The molecule has 0 radical (unpaired) electrons. The Kier molecular flexibility index (Phi) is 6.34. The molecule has 164 valence electrons. The van der Waals surface area contributed by atoms with Crippen molar-refractivity contribution >= 4 is 12.0 Å². The number of nitrogens with one attached hydrogen (secondary N) is 2. The van der Waals surface area contributed by atoms with E-state index < -0.39 is 18.0 Å². The predicted octanol–water partition coefficient (Wildman–Crippen LogP) is 2.66. The number of urea groups is 1. The Balaban J connectivity index is 1.59. The second-order valence-electron chi connectivity index (χ2n) is 7.31. The van der Waals surface area contributed by atoms with Crippen LogP contribution in [0.2, 0.25) is 0 Å². The van der Waals surface area contributed by atoms with Gasteiger partial charge >= 0.3 is 12.0 Å². The van der Waals surface area contributed by atoms with E-state index in [9.17, 15) is 14.0 Å². The standard InChI is InChI=1S/C22H24FN3O5/c1-2-29-21(27)19-16(24-22(28)25-20(19)17-4-3-10-30-17)12-26-9-11-31-18(13-26)14-5-7-15(23)8-6-14/h3-8,10,18,20H,2,9,11-13H2,1H3,(H2,24,25,28)/t18-,20+/m0/s1. The van der Waals surface area contributed by atoms with Crippen molar-refractivity contribution in [2.24, 2.45) is 0 Å². The number of carbonyl (C=O) groups is 2. The van der Waals surface area contributed by atoms with E-state index in [0.29, 0.717) is 43.3 Å². The summed E-state index contributed by atoms with van der Waals surface area (Å²) < 4.78 is 29.8. The highest BCUT2D eigenvalue weighted by atomic mass is 19.1. The summed E-state index contributed by atoms with van der Waals surface area (Å²) in [6.07, 6.45) is 1.25. The highest BCUT2D eigenvalue weighted by Gasteiger charge is 2.36. The minimum absolute atomic E-state index is 0.207. The third-order valence-electron chi connectivity index (χ3n) is 5.25. The molecule has 0 saturated carbocycles. The zero-order valence-electron chi connectivity index (χ0n) is 17.1. The SMILES string of the molecule is CCOC(=O)C1=C(CN2CCO[C@H](c3ccc(F)cc3)C2)NC(=O)N[C@@H]1c1ccco1. The monoisotopic (exact) mass is 429 g/mol. The third-order valence-corrected chi connectivity index (χ3v) is 5.25. The molecule has 3 heterocycles. The minimum atomic E-state index is -0.744. The number of morpholine rings is 1. The lowest BCUT2D eigenvalue weighted by atomic mass is 9.99. The predicted molar refractivity (Wildman–Crippen MR) is 108 cm³/mol. The van der Waals surface area contributed by atoms with Gasteiger partial charge in [-0.25, -0.2) is 14.0 Å². The fraction of sp³-hybridized carbons (Fsp3) is 0.364. The zero-order valence-corrected chi connectivity index (χ0v) is 17.1. The molecule has 1 aromatic carbocycles. The normalized spacial score (nSPS) is 22.1. The molecule has 4 rings (SSSR count). The molecule has 1 saturated heterocycles. The van der Waals surface area contributed by atoms with Gasteiger partial charge in [0.25, 0.3) is 0 Å². The molecule has 2 amide bonds. The summed E-state index contributed by atoms with van der Waals surface area (Å²) >= 11 is 0. The maximum Gasteiger partial charge on any atom is 0.338 e. The van der Waals surface area contributed by atoms with Crippen LogP contribution in [0.1, 0.15) is 30.4 Å². The van der Waals surface area contributed by atoms with Gasteiger partial charge in [-0.05, 0) is 36.8 Å². The first kappa shape index (κ1) is 21.1. The summed E-state index contributed by atoms with van der Waals surface area (Å²) in [5.74, 6) is -0.377. The molecule has 0 bridgehead atoms. The van der Waals surface area contributed by atoms with Crippen LogP contribution in [-0.2, 0) is 14.3 Å².